The standard InChI is InChI=1S/C24H23ClN2O5S/c1-15-26-22(21(23(27-15)33-4)20(14-29-2)24(28)30-3)32-19-10-6-9-18(12-19)31-13-16-7-5-8-17(25)11-16/h5-12,14H,13H2,1-4H3. The zero-order valence-electron chi connectivity index (χ0n) is 18.6. The molecule has 0 amide bonds. The molecule has 0 atom stereocenters. The summed E-state index contributed by atoms with van der Waals surface area (Å²) in [5, 5.41) is 1.20. The summed E-state index contributed by atoms with van der Waals surface area (Å²) in [5.74, 6) is 1.18. The number of aryl methyl sites for hydroxylation is 1. The Morgan fingerprint density at radius 1 is 1.09 bits per heavy atom. The number of nitrogens with zero attached hydrogens (tertiary/aromatic N) is 2. The highest BCUT2D eigenvalue weighted by molar-refractivity contribution is 7.98. The van der Waals surface area contributed by atoms with Crippen LogP contribution < -0.4 is 9.47 Å². The summed E-state index contributed by atoms with van der Waals surface area (Å²) in [6.45, 7) is 2.10. The molecule has 0 aliphatic carbocycles. The van der Waals surface area contributed by atoms with Gasteiger partial charge in [-0.1, -0.05) is 29.8 Å². The van der Waals surface area contributed by atoms with E-state index in [9.17, 15) is 4.79 Å². The minimum atomic E-state index is -0.594. The van der Waals surface area contributed by atoms with E-state index < -0.39 is 5.97 Å². The molecule has 1 aromatic heterocycles. The highest BCUT2D eigenvalue weighted by Gasteiger charge is 2.25. The molecule has 0 spiro atoms. The second-order valence-electron chi connectivity index (χ2n) is 6.71. The first-order chi connectivity index (χ1) is 15.9. The molecule has 33 heavy (non-hydrogen) atoms. The normalized spacial score (nSPS) is 11.1. The van der Waals surface area contributed by atoms with Crippen molar-refractivity contribution in [2.24, 2.45) is 0 Å². The van der Waals surface area contributed by atoms with Crippen molar-refractivity contribution in [3.05, 3.63) is 76.8 Å². The minimum Gasteiger partial charge on any atom is -0.503 e. The van der Waals surface area contributed by atoms with Gasteiger partial charge < -0.3 is 18.9 Å². The van der Waals surface area contributed by atoms with E-state index in [4.69, 9.17) is 30.5 Å². The lowest BCUT2D eigenvalue weighted by molar-refractivity contribution is -0.133. The zero-order chi connectivity index (χ0) is 23.8. The summed E-state index contributed by atoms with van der Waals surface area (Å²) >= 11 is 7.40. The van der Waals surface area contributed by atoms with Crippen molar-refractivity contribution in [3.8, 4) is 17.4 Å². The average molecular weight is 487 g/mol. The van der Waals surface area contributed by atoms with Crippen LogP contribution in [0, 0.1) is 6.92 Å². The van der Waals surface area contributed by atoms with Gasteiger partial charge in [0.05, 0.1) is 26.0 Å². The van der Waals surface area contributed by atoms with Gasteiger partial charge in [-0.15, -0.1) is 11.8 Å². The van der Waals surface area contributed by atoms with Crippen LogP contribution >= 0.6 is 23.4 Å². The van der Waals surface area contributed by atoms with Crippen molar-refractivity contribution >= 4 is 34.9 Å². The number of ether oxygens (including phenoxy) is 4. The predicted molar refractivity (Wildman–Crippen MR) is 128 cm³/mol. The molecule has 0 aliphatic rings. The number of hydrogen-bond acceptors (Lipinski definition) is 8. The third-order valence-electron chi connectivity index (χ3n) is 4.37. The van der Waals surface area contributed by atoms with Gasteiger partial charge in [0.2, 0.25) is 5.88 Å². The van der Waals surface area contributed by atoms with Crippen LogP contribution in [0.25, 0.3) is 5.57 Å². The van der Waals surface area contributed by atoms with E-state index in [0.717, 1.165) is 5.56 Å². The molecule has 3 rings (SSSR count). The summed E-state index contributed by atoms with van der Waals surface area (Å²) in [4.78, 5) is 21.3. The first-order valence-corrected chi connectivity index (χ1v) is 11.4. The molecule has 0 fully saturated rings. The first kappa shape index (κ1) is 24.4. The molecule has 9 heteroatoms. The molecule has 0 saturated heterocycles. The van der Waals surface area contributed by atoms with Crippen LogP contribution in [-0.4, -0.2) is 36.4 Å². The van der Waals surface area contributed by atoms with E-state index in [1.165, 1.54) is 32.2 Å². The molecule has 2 aromatic carbocycles. The Labute approximate surface area is 201 Å². The Balaban J connectivity index is 1.93. The second kappa shape index (κ2) is 11.6. The fraction of sp³-hybridized carbons (Fsp3) is 0.208. The van der Waals surface area contributed by atoms with E-state index in [0.29, 0.717) is 39.5 Å². The van der Waals surface area contributed by atoms with Crippen LogP contribution in [0.1, 0.15) is 17.0 Å². The van der Waals surface area contributed by atoms with Gasteiger partial charge in [0.1, 0.15) is 34.5 Å². The summed E-state index contributed by atoms with van der Waals surface area (Å²) in [7, 11) is 2.74. The number of thioether (sulfide) groups is 1. The number of aromatic nitrogens is 2. The van der Waals surface area contributed by atoms with E-state index in [2.05, 4.69) is 9.97 Å². The van der Waals surface area contributed by atoms with Gasteiger partial charge in [-0.25, -0.2) is 9.78 Å². The summed E-state index contributed by atoms with van der Waals surface area (Å²) < 4.78 is 22.0. The molecule has 0 unspecified atom stereocenters. The smallest absolute Gasteiger partial charge is 0.341 e. The van der Waals surface area contributed by atoms with Crippen LogP contribution in [0.3, 0.4) is 0 Å². The van der Waals surface area contributed by atoms with Crippen LogP contribution in [0.2, 0.25) is 5.02 Å². The highest BCUT2D eigenvalue weighted by Crippen LogP contribution is 2.36. The third-order valence-corrected chi connectivity index (χ3v) is 5.29. The molecule has 7 nitrogen and oxygen atoms in total. The number of hydrogen-bond donors (Lipinski definition) is 0. The largest absolute Gasteiger partial charge is 0.503 e. The quantitative estimate of drug-likeness (QED) is 0.125. The Morgan fingerprint density at radius 2 is 1.85 bits per heavy atom. The van der Waals surface area contributed by atoms with Gasteiger partial charge in [0.25, 0.3) is 0 Å². The molecule has 1 heterocycles. The van der Waals surface area contributed by atoms with Gasteiger partial charge in [-0.2, -0.15) is 4.98 Å². The Morgan fingerprint density at radius 3 is 2.55 bits per heavy atom. The molecule has 0 bridgehead atoms. The third kappa shape index (κ3) is 6.40. The maximum atomic E-state index is 12.4. The molecule has 172 valence electrons. The van der Waals surface area contributed by atoms with Crippen LogP contribution in [0.4, 0.5) is 0 Å². The van der Waals surface area contributed by atoms with E-state index in [-0.39, 0.29) is 11.5 Å². The van der Waals surface area contributed by atoms with Crippen molar-refractivity contribution in [1.82, 2.24) is 9.97 Å². The van der Waals surface area contributed by atoms with Gasteiger partial charge in [0, 0.05) is 11.1 Å². The van der Waals surface area contributed by atoms with Crippen LogP contribution in [0.5, 0.6) is 17.4 Å². The fourth-order valence-electron chi connectivity index (χ4n) is 2.94. The average Bonchev–Trinajstić information content (AvgIpc) is 2.81. The Hall–Kier alpha value is -3.23. The van der Waals surface area contributed by atoms with Crippen LogP contribution in [-0.2, 0) is 20.9 Å². The first-order valence-electron chi connectivity index (χ1n) is 9.84. The molecule has 0 saturated carbocycles. The van der Waals surface area contributed by atoms with Crippen molar-refractivity contribution < 1.29 is 23.7 Å². The summed E-state index contributed by atoms with van der Waals surface area (Å²) in [6, 6.07) is 14.6. The van der Waals surface area contributed by atoms with E-state index in [1.807, 2.05) is 36.6 Å². The maximum Gasteiger partial charge on any atom is 0.341 e. The molecule has 0 N–H and O–H groups in total. The SMILES string of the molecule is COC=C(C(=O)OC)c1c(Oc2cccc(OCc3cccc(Cl)c3)c2)nc(C)nc1SC. The molecular formula is C24H23ClN2O5S. The minimum absolute atomic E-state index is 0.146. The van der Waals surface area contributed by atoms with Crippen LogP contribution in [0.15, 0.2) is 59.8 Å². The monoisotopic (exact) mass is 486 g/mol. The maximum absolute atomic E-state index is 12.4. The Bertz CT molecular complexity index is 1170. The highest BCUT2D eigenvalue weighted by atomic mass is 35.5. The molecular weight excluding hydrogens is 464 g/mol. The Kier molecular flexibility index (Phi) is 8.57. The zero-order valence-corrected chi connectivity index (χ0v) is 20.2. The summed E-state index contributed by atoms with van der Waals surface area (Å²) in [6.07, 6.45) is 3.14. The fourth-order valence-corrected chi connectivity index (χ4v) is 3.78. The van der Waals surface area contributed by atoms with Crippen molar-refractivity contribution in [2.75, 3.05) is 20.5 Å². The lowest BCUT2D eigenvalue weighted by Crippen LogP contribution is -2.10. The number of rotatable bonds is 9. The number of esters is 1. The van der Waals surface area contributed by atoms with Gasteiger partial charge in [-0.05, 0) is 43.0 Å². The molecule has 3 aromatic rings. The number of benzene rings is 2. The van der Waals surface area contributed by atoms with Crippen molar-refractivity contribution in [3.63, 3.8) is 0 Å². The number of halogens is 1. The van der Waals surface area contributed by atoms with Gasteiger partial charge in [0.15, 0.2) is 0 Å². The lowest BCUT2D eigenvalue weighted by atomic mass is 10.1. The molecule has 0 radical (unpaired) electrons. The van der Waals surface area contributed by atoms with Crippen molar-refractivity contribution in [2.45, 2.75) is 18.6 Å². The topological polar surface area (TPSA) is 79.8 Å². The second-order valence-corrected chi connectivity index (χ2v) is 7.95. The summed E-state index contributed by atoms with van der Waals surface area (Å²) in [5.41, 5.74) is 1.47. The predicted octanol–water partition coefficient (Wildman–Crippen LogP) is 5.69. The van der Waals surface area contributed by atoms with Crippen molar-refractivity contribution in [1.29, 1.82) is 0 Å². The lowest BCUT2D eigenvalue weighted by Gasteiger charge is -2.15. The van der Waals surface area contributed by atoms with E-state index in [1.54, 1.807) is 25.1 Å². The number of carbonyl (C=O) groups is 1. The number of methoxy groups -OCH3 is 2. The van der Waals surface area contributed by atoms with Gasteiger partial charge >= 0.3 is 5.97 Å². The number of carbonyl (C=O) groups excluding carboxylic acids is 1. The molecule has 0 aliphatic heterocycles. The van der Waals surface area contributed by atoms with E-state index >= 15 is 0 Å². The van der Waals surface area contributed by atoms with Gasteiger partial charge in [-0.3, -0.25) is 0 Å².